The lowest BCUT2D eigenvalue weighted by Crippen LogP contribution is -2.03. The van der Waals surface area contributed by atoms with Gasteiger partial charge in [0.05, 0.1) is 30.6 Å². The maximum absolute atomic E-state index is 5.63. The number of ether oxygens (including phenoxy) is 1. The fourth-order valence-electron chi connectivity index (χ4n) is 1.50. The zero-order valence-electron chi connectivity index (χ0n) is 9.63. The zero-order chi connectivity index (χ0) is 11.4. The van der Waals surface area contributed by atoms with Crippen molar-refractivity contribution in [2.24, 2.45) is 0 Å². The van der Waals surface area contributed by atoms with Crippen molar-refractivity contribution in [3.63, 3.8) is 0 Å². The number of hydrogen-bond donors (Lipinski definition) is 0. The van der Waals surface area contributed by atoms with Gasteiger partial charge in [0.25, 0.3) is 0 Å². The van der Waals surface area contributed by atoms with Crippen LogP contribution in [0.5, 0.6) is 5.75 Å². The second kappa shape index (κ2) is 4.83. The van der Waals surface area contributed by atoms with Crippen LogP contribution in [0.15, 0.2) is 24.9 Å². The minimum Gasteiger partial charge on any atom is -0.484 e. The highest BCUT2D eigenvalue weighted by atomic mass is 16.5. The monoisotopic (exact) mass is 220 g/mol. The lowest BCUT2D eigenvalue weighted by molar-refractivity contribution is 0.295. The molecule has 0 saturated heterocycles. The molecule has 0 aliphatic carbocycles. The van der Waals surface area contributed by atoms with E-state index in [1.54, 1.807) is 6.20 Å². The first-order valence-corrected chi connectivity index (χ1v) is 5.47. The Bertz CT molecular complexity index is 446. The summed E-state index contributed by atoms with van der Waals surface area (Å²) < 4.78 is 9.53. The molecule has 2 aromatic heterocycles. The van der Waals surface area contributed by atoms with Gasteiger partial charge < -0.3 is 9.30 Å². The summed E-state index contributed by atoms with van der Waals surface area (Å²) in [6.07, 6.45) is 7.27. The average Bonchev–Trinajstić information content (AvgIpc) is 2.94. The van der Waals surface area contributed by atoms with Crippen LogP contribution in [-0.4, -0.2) is 19.3 Å². The molecule has 86 valence electrons. The Labute approximate surface area is 94.7 Å². The van der Waals surface area contributed by atoms with Gasteiger partial charge in [0, 0.05) is 13.1 Å². The molecule has 2 rings (SSSR count). The fraction of sp³-hybridized carbons (Fsp3) is 0.455. The molecule has 5 heteroatoms. The van der Waals surface area contributed by atoms with Crippen LogP contribution in [0.2, 0.25) is 0 Å². The largest absolute Gasteiger partial charge is 0.484 e. The van der Waals surface area contributed by atoms with Crippen LogP contribution >= 0.6 is 0 Å². The molecule has 0 fully saturated rings. The zero-order valence-corrected chi connectivity index (χ0v) is 9.63. The molecule has 0 amide bonds. The fourth-order valence-corrected chi connectivity index (χ4v) is 1.50. The number of imidazole rings is 1. The SMILES string of the molecule is CCn1cc(OCc2cncn2CC)cn1. The molecule has 0 atom stereocenters. The van der Waals surface area contributed by atoms with Crippen LogP contribution in [0.3, 0.4) is 0 Å². The summed E-state index contributed by atoms with van der Waals surface area (Å²) in [6.45, 7) is 6.43. The molecule has 0 radical (unpaired) electrons. The second-order valence-corrected chi connectivity index (χ2v) is 3.49. The summed E-state index contributed by atoms with van der Waals surface area (Å²) in [5.74, 6) is 0.797. The topological polar surface area (TPSA) is 44.9 Å². The molecule has 0 N–H and O–H groups in total. The lowest BCUT2D eigenvalue weighted by atomic mass is 10.5. The summed E-state index contributed by atoms with van der Waals surface area (Å²) in [7, 11) is 0. The molecule has 0 bridgehead atoms. The van der Waals surface area contributed by atoms with Gasteiger partial charge >= 0.3 is 0 Å². The van der Waals surface area contributed by atoms with Gasteiger partial charge in [-0.25, -0.2) is 4.98 Å². The van der Waals surface area contributed by atoms with Crippen LogP contribution in [-0.2, 0) is 19.7 Å². The van der Waals surface area contributed by atoms with E-state index in [0.717, 1.165) is 24.5 Å². The molecule has 2 aromatic rings. The van der Waals surface area contributed by atoms with Crippen molar-refractivity contribution in [2.45, 2.75) is 33.5 Å². The van der Waals surface area contributed by atoms with Crippen LogP contribution in [0.25, 0.3) is 0 Å². The maximum Gasteiger partial charge on any atom is 0.157 e. The van der Waals surface area contributed by atoms with Gasteiger partial charge in [0.2, 0.25) is 0 Å². The third kappa shape index (κ3) is 2.24. The van der Waals surface area contributed by atoms with Gasteiger partial charge in [-0.05, 0) is 13.8 Å². The summed E-state index contributed by atoms with van der Waals surface area (Å²) in [5.41, 5.74) is 1.08. The van der Waals surface area contributed by atoms with Crippen molar-refractivity contribution < 1.29 is 4.74 Å². The van der Waals surface area contributed by atoms with E-state index in [2.05, 4.69) is 21.6 Å². The minimum absolute atomic E-state index is 0.531. The van der Waals surface area contributed by atoms with Crippen molar-refractivity contribution in [1.82, 2.24) is 19.3 Å². The van der Waals surface area contributed by atoms with Crippen LogP contribution in [0.4, 0.5) is 0 Å². The van der Waals surface area contributed by atoms with Crippen LogP contribution < -0.4 is 4.74 Å². The van der Waals surface area contributed by atoms with Gasteiger partial charge in [-0.1, -0.05) is 0 Å². The van der Waals surface area contributed by atoms with E-state index in [-0.39, 0.29) is 0 Å². The van der Waals surface area contributed by atoms with E-state index in [9.17, 15) is 0 Å². The summed E-state index contributed by atoms with van der Waals surface area (Å²) in [5, 5.41) is 4.15. The van der Waals surface area contributed by atoms with E-state index in [4.69, 9.17) is 4.74 Å². The molecule has 0 aliphatic heterocycles. The molecule has 0 spiro atoms. The average molecular weight is 220 g/mol. The normalized spacial score (nSPS) is 10.6. The van der Waals surface area contributed by atoms with Crippen molar-refractivity contribution in [3.8, 4) is 5.75 Å². The predicted molar refractivity (Wildman–Crippen MR) is 60.1 cm³/mol. The van der Waals surface area contributed by atoms with Gasteiger partial charge in [0.1, 0.15) is 6.61 Å². The number of aromatic nitrogens is 4. The molecule has 16 heavy (non-hydrogen) atoms. The van der Waals surface area contributed by atoms with Gasteiger partial charge in [-0.15, -0.1) is 0 Å². The van der Waals surface area contributed by atoms with Crippen molar-refractivity contribution in [1.29, 1.82) is 0 Å². The number of hydrogen-bond acceptors (Lipinski definition) is 3. The number of aryl methyl sites for hydroxylation is 2. The van der Waals surface area contributed by atoms with Crippen molar-refractivity contribution >= 4 is 0 Å². The Kier molecular flexibility index (Phi) is 3.24. The number of rotatable bonds is 5. The third-order valence-corrected chi connectivity index (χ3v) is 2.46. The Morgan fingerprint density at radius 3 is 2.81 bits per heavy atom. The molecule has 0 unspecified atom stereocenters. The standard InChI is InChI=1S/C11H16N4O/c1-3-14-9-12-5-10(14)8-16-11-6-13-15(4-2)7-11/h5-7,9H,3-4,8H2,1-2H3. The first kappa shape index (κ1) is 10.7. The predicted octanol–water partition coefficient (Wildman–Crippen LogP) is 1.70. The molecular weight excluding hydrogens is 204 g/mol. The quantitative estimate of drug-likeness (QED) is 0.770. The highest BCUT2D eigenvalue weighted by molar-refractivity contribution is 5.12. The van der Waals surface area contributed by atoms with E-state index in [0.29, 0.717) is 6.61 Å². The highest BCUT2D eigenvalue weighted by Crippen LogP contribution is 2.11. The Balaban J connectivity index is 1.96. The third-order valence-electron chi connectivity index (χ3n) is 2.46. The lowest BCUT2D eigenvalue weighted by Gasteiger charge is -2.05. The Hall–Kier alpha value is -1.78. The second-order valence-electron chi connectivity index (χ2n) is 3.49. The molecule has 2 heterocycles. The van der Waals surface area contributed by atoms with E-state index < -0.39 is 0 Å². The summed E-state index contributed by atoms with van der Waals surface area (Å²) >= 11 is 0. The maximum atomic E-state index is 5.63. The minimum atomic E-state index is 0.531. The van der Waals surface area contributed by atoms with E-state index in [1.165, 1.54) is 0 Å². The molecular formula is C11H16N4O. The van der Waals surface area contributed by atoms with Crippen LogP contribution in [0.1, 0.15) is 19.5 Å². The van der Waals surface area contributed by atoms with Crippen molar-refractivity contribution in [2.75, 3.05) is 0 Å². The molecule has 0 aromatic carbocycles. The smallest absolute Gasteiger partial charge is 0.157 e. The summed E-state index contributed by atoms with van der Waals surface area (Å²) in [4.78, 5) is 4.09. The molecule has 0 aliphatic rings. The summed E-state index contributed by atoms with van der Waals surface area (Å²) in [6, 6.07) is 0. The number of nitrogens with zero attached hydrogens (tertiary/aromatic N) is 4. The van der Waals surface area contributed by atoms with Gasteiger partial charge in [0.15, 0.2) is 5.75 Å². The Morgan fingerprint density at radius 1 is 1.25 bits per heavy atom. The van der Waals surface area contributed by atoms with Gasteiger partial charge in [-0.3, -0.25) is 4.68 Å². The molecule has 0 saturated carbocycles. The van der Waals surface area contributed by atoms with E-state index >= 15 is 0 Å². The first-order valence-electron chi connectivity index (χ1n) is 5.47. The molecule has 5 nitrogen and oxygen atoms in total. The van der Waals surface area contributed by atoms with Gasteiger partial charge in [-0.2, -0.15) is 5.10 Å². The van der Waals surface area contributed by atoms with Crippen molar-refractivity contribution in [3.05, 3.63) is 30.6 Å². The van der Waals surface area contributed by atoms with E-state index in [1.807, 2.05) is 30.3 Å². The highest BCUT2D eigenvalue weighted by Gasteiger charge is 2.03. The Morgan fingerprint density at radius 2 is 2.12 bits per heavy atom. The first-order chi connectivity index (χ1) is 7.83. The van der Waals surface area contributed by atoms with Crippen LogP contribution in [0, 0.1) is 0 Å².